The van der Waals surface area contributed by atoms with Gasteiger partial charge in [-0.05, 0) is 49.6 Å². The molecule has 2 amide bonds. The summed E-state index contributed by atoms with van der Waals surface area (Å²) in [6.45, 7) is 5.85. The first kappa shape index (κ1) is 22.9. The zero-order valence-electron chi connectivity index (χ0n) is 17.7. The second-order valence-corrected chi connectivity index (χ2v) is 9.24. The Labute approximate surface area is 181 Å². The molecule has 1 atom stereocenters. The van der Waals surface area contributed by atoms with Crippen LogP contribution in [0.1, 0.15) is 22.3 Å². The Balaban J connectivity index is 1.63. The third-order valence-electron chi connectivity index (χ3n) is 4.96. The summed E-state index contributed by atoms with van der Waals surface area (Å²) in [4.78, 5) is 28.3. The van der Waals surface area contributed by atoms with Crippen LogP contribution in [0.5, 0.6) is 0 Å². The van der Waals surface area contributed by atoms with Crippen LogP contribution in [-0.2, 0) is 30.9 Å². The molecule has 0 radical (unpaired) electrons. The van der Waals surface area contributed by atoms with E-state index in [1.165, 1.54) is 4.31 Å². The van der Waals surface area contributed by atoms with Gasteiger partial charge in [0.15, 0.2) is 0 Å². The Hall–Kier alpha value is -2.82. The minimum Gasteiger partial charge on any atom is -0.359 e. The molecule has 0 aliphatic carbocycles. The van der Waals surface area contributed by atoms with Crippen molar-refractivity contribution in [2.45, 2.75) is 38.4 Å². The fraction of sp³-hybridized carbons (Fsp3) is 0.381. The third kappa shape index (κ3) is 5.27. The Bertz CT molecular complexity index is 1050. The summed E-state index contributed by atoms with van der Waals surface area (Å²) in [5, 5.41) is 4.97. The summed E-state index contributed by atoms with van der Waals surface area (Å²) in [5.74, 6) is -1.67. The molecule has 10 heteroatoms. The molecule has 0 bridgehead atoms. The van der Waals surface area contributed by atoms with Gasteiger partial charge in [0.05, 0.1) is 18.0 Å². The number of benzene rings is 1. The van der Waals surface area contributed by atoms with Crippen molar-refractivity contribution >= 4 is 21.8 Å². The molecule has 1 aliphatic rings. The molecule has 2 heterocycles. The van der Waals surface area contributed by atoms with Gasteiger partial charge in [-0.25, -0.2) is 8.42 Å². The van der Waals surface area contributed by atoms with Gasteiger partial charge in [0.2, 0.25) is 10.0 Å². The molecular weight excluding hydrogens is 420 g/mol. The van der Waals surface area contributed by atoms with E-state index in [9.17, 15) is 18.0 Å². The molecule has 1 aromatic carbocycles. The van der Waals surface area contributed by atoms with E-state index in [2.05, 4.69) is 15.6 Å². The number of aromatic nitrogens is 1. The second kappa shape index (κ2) is 9.54. The number of hydrogen-bond donors (Lipinski definition) is 2. The van der Waals surface area contributed by atoms with Gasteiger partial charge >= 0.3 is 11.8 Å². The van der Waals surface area contributed by atoms with Gasteiger partial charge in [-0.15, -0.1) is 0 Å². The molecule has 2 N–H and O–H groups in total. The molecule has 0 saturated carbocycles. The van der Waals surface area contributed by atoms with E-state index in [1.54, 1.807) is 38.4 Å². The van der Waals surface area contributed by atoms with Gasteiger partial charge in [0.25, 0.3) is 0 Å². The van der Waals surface area contributed by atoms with E-state index >= 15 is 0 Å². The lowest BCUT2D eigenvalue weighted by molar-refractivity contribution is -0.139. The summed E-state index contributed by atoms with van der Waals surface area (Å²) in [6.07, 6.45) is 2.29. The highest BCUT2D eigenvalue weighted by atomic mass is 32.2. The summed E-state index contributed by atoms with van der Waals surface area (Å²) in [6, 6.07) is 7.09. The minimum atomic E-state index is -3.83. The number of hydrogen-bond acceptors (Lipinski definition) is 6. The number of nitrogens with one attached hydrogen (secondary N) is 2. The first-order chi connectivity index (χ1) is 14.7. The number of nitrogens with zero attached hydrogens (tertiary/aromatic N) is 2. The van der Waals surface area contributed by atoms with Crippen LogP contribution in [0.3, 0.4) is 0 Å². The first-order valence-corrected chi connectivity index (χ1v) is 11.3. The van der Waals surface area contributed by atoms with Crippen LogP contribution >= 0.6 is 0 Å². The fourth-order valence-electron chi connectivity index (χ4n) is 3.66. The van der Waals surface area contributed by atoms with Gasteiger partial charge in [-0.1, -0.05) is 17.7 Å². The molecule has 31 heavy (non-hydrogen) atoms. The maximum atomic E-state index is 13.3. The molecule has 3 rings (SSSR count). The number of aryl methyl sites for hydroxylation is 3. The van der Waals surface area contributed by atoms with Gasteiger partial charge in [0.1, 0.15) is 6.23 Å². The van der Waals surface area contributed by atoms with Crippen molar-refractivity contribution in [1.82, 2.24) is 19.9 Å². The number of pyridine rings is 1. The van der Waals surface area contributed by atoms with E-state index in [-0.39, 0.29) is 31.1 Å². The van der Waals surface area contributed by atoms with Gasteiger partial charge in [0, 0.05) is 25.5 Å². The summed E-state index contributed by atoms with van der Waals surface area (Å²) in [5.41, 5.74) is 3.09. The van der Waals surface area contributed by atoms with Crippen LogP contribution < -0.4 is 10.6 Å². The molecule has 1 aromatic heterocycles. The van der Waals surface area contributed by atoms with E-state index in [0.717, 1.165) is 11.1 Å². The topological polar surface area (TPSA) is 118 Å². The van der Waals surface area contributed by atoms with Crippen molar-refractivity contribution in [3.8, 4) is 0 Å². The molecular formula is C21H26N4O5S. The van der Waals surface area contributed by atoms with E-state index in [0.29, 0.717) is 11.1 Å². The van der Waals surface area contributed by atoms with Crippen molar-refractivity contribution in [2.75, 3.05) is 19.7 Å². The van der Waals surface area contributed by atoms with E-state index < -0.39 is 28.1 Å². The lowest BCUT2D eigenvalue weighted by Gasteiger charge is -2.24. The van der Waals surface area contributed by atoms with Gasteiger partial charge < -0.3 is 15.4 Å². The zero-order valence-corrected chi connectivity index (χ0v) is 18.5. The minimum absolute atomic E-state index is 0.134. The van der Waals surface area contributed by atoms with Crippen molar-refractivity contribution in [1.29, 1.82) is 0 Å². The molecule has 1 saturated heterocycles. The lowest BCUT2D eigenvalue weighted by atomic mass is 10.1. The second-order valence-electron chi connectivity index (χ2n) is 7.42. The van der Waals surface area contributed by atoms with Crippen LogP contribution in [0.2, 0.25) is 0 Å². The standard InChI is InChI=1S/C21H26N4O5S/c1-14-10-15(2)19(16(3)11-14)31(28,29)25-8-9-30-18(25)13-24-21(27)20(26)23-12-17-4-6-22-7-5-17/h4-7,10-11,18H,8-9,12-13H2,1-3H3,(H,23,26)(H,24,27)/t18-/m0/s1. The SMILES string of the molecule is Cc1cc(C)c(S(=O)(=O)N2CCO[C@H]2CNC(=O)C(=O)NCc2ccncc2)c(C)c1. The monoisotopic (exact) mass is 446 g/mol. The van der Waals surface area contributed by atoms with Crippen LogP contribution in [0.4, 0.5) is 0 Å². The highest BCUT2D eigenvalue weighted by Gasteiger charge is 2.38. The van der Waals surface area contributed by atoms with Crippen molar-refractivity contribution in [3.63, 3.8) is 0 Å². The van der Waals surface area contributed by atoms with Crippen LogP contribution in [0.25, 0.3) is 0 Å². The highest BCUT2D eigenvalue weighted by molar-refractivity contribution is 7.89. The summed E-state index contributed by atoms with van der Waals surface area (Å²) >= 11 is 0. The van der Waals surface area contributed by atoms with Gasteiger partial charge in [-0.2, -0.15) is 4.31 Å². The van der Waals surface area contributed by atoms with E-state index in [4.69, 9.17) is 4.74 Å². The number of carbonyl (C=O) groups excluding carboxylic acids is 2. The lowest BCUT2D eigenvalue weighted by Crippen LogP contribution is -2.47. The number of carbonyl (C=O) groups is 2. The quantitative estimate of drug-likeness (QED) is 0.634. The van der Waals surface area contributed by atoms with Crippen LogP contribution in [0.15, 0.2) is 41.6 Å². The van der Waals surface area contributed by atoms with Crippen molar-refractivity contribution in [3.05, 3.63) is 58.9 Å². The average molecular weight is 447 g/mol. The Kier molecular flexibility index (Phi) is 7.04. The molecule has 2 aromatic rings. The fourth-order valence-corrected chi connectivity index (χ4v) is 5.58. The molecule has 0 spiro atoms. The number of sulfonamides is 1. The smallest absolute Gasteiger partial charge is 0.309 e. The molecule has 166 valence electrons. The van der Waals surface area contributed by atoms with E-state index in [1.807, 2.05) is 19.1 Å². The maximum absolute atomic E-state index is 13.3. The Morgan fingerprint density at radius 2 is 1.71 bits per heavy atom. The summed E-state index contributed by atoms with van der Waals surface area (Å²) in [7, 11) is -3.83. The van der Waals surface area contributed by atoms with Crippen molar-refractivity contribution in [2.24, 2.45) is 0 Å². The third-order valence-corrected chi connectivity index (χ3v) is 7.16. The first-order valence-electron chi connectivity index (χ1n) is 9.86. The largest absolute Gasteiger partial charge is 0.359 e. The normalized spacial score (nSPS) is 16.8. The Morgan fingerprint density at radius 1 is 1.10 bits per heavy atom. The molecule has 1 fully saturated rings. The average Bonchev–Trinajstić information content (AvgIpc) is 3.19. The molecule has 9 nitrogen and oxygen atoms in total. The zero-order chi connectivity index (χ0) is 22.6. The number of rotatable bonds is 6. The predicted octanol–water partition coefficient (Wildman–Crippen LogP) is 0.786. The summed E-state index contributed by atoms with van der Waals surface area (Å²) < 4.78 is 33.3. The van der Waals surface area contributed by atoms with Crippen LogP contribution in [-0.4, -0.2) is 55.4 Å². The Morgan fingerprint density at radius 3 is 2.35 bits per heavy atom. The van der Waals surface area contributed by atoms with Crippen molar-refractivity contribution < 1.29 is 22.7 Å². The maximum Gasteiger partial charge on any atom is 0.309 e. The highest BCUT2D eigenvalue weighted by Crippen LogP contribution is 2.28. The molecule has 0 unspecified atom stereocenters. The molecule has 1 aliphatic heterocycles. The number of ether oxygens (including phenoxy) is 1. The van der Waals surface area contributed by atoms with Gasteiger partial charge in [-0.3, -0.25) is 14.6 Å². The van der Waals surface area contributed by atoms with Crippen LogP contribution in [0, 0.1) is 20.8 Å². The predicted molar refractivity (Wildman–Crippen MR) is 113 cm³/mol. The number of amides is 2.